The summed E-state index contributed by atoms with van der Waals surface area (Å²) in [4.78, 5) is 41.1. The molecular formula is C23H24N4O3. The lowest BCUT2D eigenvalue weighted by Gasteiger charge is -2.31. The number of nitrogens with one attached hydrogen (secondary N) is 2. The molecule has 1 unspecified atom stereocenters. The zero-order chi connectivity index (χ0) is 21.3. The molecule has 0 aliphatic carbocycles. The molecule has 2 aromatic rings. The number of para-hydroxylation sites is 1. The largest absolute Gasteiger partial charge is 0.329 e. The zero-order valence-electron chi connectivity index (χ0n) is 16.9. The molecule has 1 fully saturated rings. The highest BCUT2D eigenvalue weighted by molar-refractivity contribution is 6.01. The van der Waals surface area contributed by atoms with E-state index in [1.54, 1.807) is 22.9 Å². The Bertz CT molecular complexity index is 1020. The van der Waals surface area contributed by atoms with Crippen LogP contribution in [0.4, 0.5) is 10.5 Å². The maximum absolute atomic E-state index is 13.0. The first-order valence-electron chi connectivity index (χ1n) is 9.91. The highest BCUT2D eigenvalue weighted by Gasteiger charge is 2.38. The van der Waals surface area contributed by atoms with E-state index in [1.807, 2.05) is 42.5 Å². The lowest BCUT2D eigenvalue weighted by molar-refractivity contribution is -0.126. The summed E-state index contributed by atoms with van der Waals surface area (Å²) in [5.74, 6) is -0.329. The molecule has 2 N–H and O–H groups in total. The molecular weight excluding hydrogens is 380 g/mol. The summed E-state index contributed by atoms with van der Waals surface area (Å²) in [5, 5.41) is 5.61. The van der Waals surface area contributed by atoms with Crippen molar-refractivity contribution in [3.05, 3.63) is 77.5 Å². The van der Waals surface area contributed by atoms with Gasteiger partial charge in [0, 0.05) is 37.1 Å². The van der Waals surface area contributed by atoms with E-state index in [2.05, 4.69) is 17.2 Å². The van der Waals surface area contributed by atoms with Gasteiger partial charge in [-0.2, -0.15) is 0 Å². The van der Waals surface area contributed by atoms with Crippen molar-refractivity contribution in [3.63, 3.8) is 0 Å². The van der Waals surface area contributed by atoms with Crippen LogP contribution in [0.15, 0.2) is 60.8 Å². The third-order valence-electron chi connectivity index (χ3n) is 5.57. The van der Waals surface area contributed by atoms with Gasteiger partial charge in [-0.3, -0.25) is 9.59 Å². The molecule has 2 aliphatic rings. The minimum Gasteiger partial charge on any atom is -0.329 e. The first-order chi connectivity index (χ1) is 14.4. The maximum atomic E-state index is 13.0. The van der Waals surface area contributed by atoms with Crippen LogP contribution in [0, 0.1) is 0 Å². The van der Waals surface area contributed by atoms with Gasteiger partial charge in [0.05, 0.1) is 0 Å². The second-order valence-corrected chi connectivity index (χ2v) is 7.68. The van der Waals surface area contributed by atoms with E-state index in [0.29, 0.717) is 37.2 Å². The minimum atomic E-state index is -0.498. The molecule has 0 bridgehead atoms. The summed E-state index contributed by atoms with van der Waals surface area (Å²) in [6.45, 7) is 4.52. The molecule has 1 atom stereocenters. The molecule has 7 nitrogen and oxygen atoms in total. The van der Waals surface area contributed by atoms with E-state index < -0.39 is 6.04 Å². The summed E-state index contributed by atoms with van der Waals surface area (Å²) in [5.41, 5.74) is 3.78. The van der Waals surface area contributed by atoms with E-state index in [-0.39, 0.29) is 17.8 Å². The van der Waals surface area contributed by atoms with Crippen molar-refractivity contribution in [3.8, 4) is 0 Å². The van der Waals surface area contributed by atoms with Crippen molar-refractivity contribution in [2.24, 2.45) is 0 Å². The topological polar surface area (TPSA) is 81.8 Å². The Labute approximate surface area is 175 Å². The fourth-order valence-electron chi connectivity index (χ4n) is 3.95. The number of allylic oxidation sites excluding steroid dienone is 1. The van der Waals surface area contributed by atoms with Crippen LogP contribution >= 0.6 is 0 Å². The van der Waals surface area contributed by atoms with Crippen molar-refractivity contribution in [1.82, 2.24) is 15.1 Å². The van der Waals surface area contributed by atoms with Gasteiger partial charge in [-0.05, 0) is 42.2 Å². The Balaban J connectivity index is 1.49. The van der Waals surface area contributed by atoms with Crippen LogP contribution in [0.1, 0.15) is 34.3 Å². The summed E-state index contributed by atoms with van der Waals surface area (Å²) in [6.07, 6.45) is 1.23. The number of fused-ring (bicyclic) bond motifs is 1. The molecule has 4 amide bonds. The van der Waals surface area contributed by atoms with Gasteiger partial charge < -0.3 is 20.4 Å². The van der Waals surface area contributed by atoms with Gasteiger partial charge >= 0.3 is 6.03 Å². The van der Waals surface area contributed by atoms with Crippen LogP contribution in [-0.2, 0) is 17.9 Å². The van der Waals surface area contributed by atoms with Crippen LogP contribution < -0.4 is 10.6 Å². The summed E-state index contributed by atoms with van der Waals surface area (Å²) in [7, 11) is 1.71. The van der Waals surface area contributed by atoms with Gasteiger partial charge in [0.25, 0.3) is 5.91 Å². The molecule has 0 aromatic heterocycles. The molecule has 30 heavy (non-hydrogen) atoms. The second-order valence-electron chi connectivity index (χ2n) is 7.68. The Hall–Kier alpha value is -3.61. The van der Waals surface area contributed by atoms with E-state index in [9.17, 15) is 14.4 Å². The quantitative estimate of drug-likeness (QED) is 0.822. The summed E-state index contributed by atoms with van der Waals surface area (Å²) in [6, 6.07) is 14.0. The minimum absolute atomic E-state index is 0.143. The number of amides is 4. The number of piperidine rings is 1. The predicted molar refractivity (Wildman–Crippen MR) is 114 cm³/mol. The van der Waals surface area contributed by atoms with Gasteiger partial charge in [0.1, 0.15) is 6.04 Å². The van der Waals surface area contributed by atoms with E-state index in [4.69, 9.17) is 0 Å². The fraction of sp³-hybridized carbons (Fsp3) is 0.261. The molecule has 2 heterocycles. The molecule has 7 heteroatoms. The van der Waals surface area contributed by atoms with E-state index >= 15 is 0 Å². The van der Waals surface area contributed by atoms with Gasteiger partial charge in [-0.25, -0.2) is 4.79 Å². The second kappa shape index (κ2) is 8.02. The van der Waals surface area contributed by atoms with Gasteiger partial charge in [-0.1, -0.05) is 36.9 Å². The Morgan fingerprint density at radius 3 is 2.70 bits per heavy atom. The maximum Gasteiger partial charge on any atom is 0.321 e. The lowest BCUT2D eigenvalue weighted by atomic mass is 10.0. The molecule has 0 spiro atoms. The lowest BCUT2D eigenvalue weighted by Crippen LogP contribution is -2.49. The highest BCUT2D eigenvalue weighted by Crippen LogP contribution is 2.31. The average Bonchev–Trinajstić information content (AvgIpc) is 3.06. The number of carbonyl (C=O) groups excluding carboxylic acids is 3. The van der Waals surface area contributed by atoms with Crippen molar-refractivity contribution in [2.45, 2.75) is 32.0 Å². The molecule has 2 aromatic carbocycles. The molecule has 4 rings (SSSR count). The number of benzene rings is 2. The van der Waals surface area contributed by atoms with Crippen LogP contribution in [-0.4, -0.2) is 40.7 Å². The van der Waals surface area contributed by atoms with E-state index in [1.165, 1.54) is 0 Å². The predicted octanol–water partition coefficient (Wildman–Crippen LogP) is 3.10. The van der Waals surface area contributed by atoms with Crippen molar-refractivity contribution in [2.75, 3.05) is 12.4 Å². The molecule has 1 saturated heterocycles. The number of hydrogen-bond acceptors (Lipinski definition) is 3. The van der Waals surface area contributed by atoms with Gasteiger partial charge in [-0.15, -0.1) is 0 Å². The van der Waals surface area contributed by atoms with Crippen molar-refractivity contribution in [1.29, 1.82) is 0 Å². The highest BCUT2D eigenvalue weighted by atomic mass is 16.2. The molecule has 0 radical (unpaired) electrons. The fourth-order valence-corrected chi connectivity index (χ4v) is 3.95. The standard InChI is InChI=1S/C23H24N4O3/c1-15-11-12-20(21(28)24-15)27-14-19-16(7-6-10-18(19)22(27)29)13-26(2)23(30)25-17-8-4-3-5-9-17/h3-10,20H,1,11-14H2,2H3,(H,24,28)(H,25,30). The SMILES string of the molecule is C=C1CCC(N2Cc3c(CN(C)C(=O)Nc4ccccc4)cccc3C2=O)C(=O)N1. The normalized spacial score (nSPS) is 18.1. The first kappa shape index (κ1) is 19.7. The summed E-state index contributed by atoms with van der Waals surface area (Å²) < 4.78 is 0. The van der Waals surface area contributed by atoms with Crippen LogP contribution in [0.25, 0.3) is 0 Å². The third kappa shape index (κ3) is 3.78. The zero-order valence-corrected chi connectivity index (χ0v) is 16.9. The number of carbonyl (C=O) groups is 3. The Kier molecular flexibility index (Phi) is 5.27. The van der Waals surface area contributed by atoms with Crippen LogP contribution in [0.5, 0.6) is 0 Å². The van der Waals surface area contributed by atoms with Crippen LogP contribution in [0.2, 0.25) is 0 Å². The monoisotopic (exact) mass is 404 g/mol. The Morgan fingerprint density at radius 2 is 1.97 bits per heavy atom. The number of hydrogen-bond donors (Lipinski definition) is 2. The van der Waals surface area contributed by atoms with Gasteiger partial charge in [0.15, 0.2) is 0 Å². The van der Waals surface area contributed by atoms with Crippen molar-refractivity contribution >= 4 is 23.5 Å². The number of rotatable bonds is 4. The average molecular weight is 404 g/mol. The van der Waals surface area contributed by atoms with Crippen LogP contribution in [0.3, 0.4) is 0 Å². The number of nitrogens with zero attached hydrogens (tertiary/aromatic N) is 2. The summed E-state index contributed by atoms with van der Waals surface area (Å²) >= 11 is 0. The molecule has 2 aliphatic heterocycles. The third-order valence-corrected chi connectivity index (χ3v) is 5.57. The molecule has 154 valence electrons. The molecule has 0 saturated carbocycles. The number of urea groups is 1. The smallest absolute Gasteiger partial charge is 0.321 e. The van der Waals surface area contributed by atoms with Crippen molar-refractivity contribution < 1.29 is 14.4 Å². The van der Waals surface area contributed by atoms with Gasteiger partial charge in [0.2, 0.25) is 5.91 Å². The van der Waals surface area contributed by atoms with E-state index in [0.717, 1.165) is 16.8 Å². The first-order valence-corrected chi connectivity index (χ1v) is 9.91. The number of anilines is 1. The Morgan fingerprint density at radius 1 is 1.20 bits per heavy atom.